The number of benzene rings is 2. The van der Waals surface area contributed by atoms with Crippen LogP contribution in [-0.4, -0.2) is 12.5 Å². The topological polar surface area (TPSA) is 55.1 Å². The van der Waals surface area contributed by atoms with Gasteiger partial charge in [0.2, 0.25) is 0 Å². The molecule has 5 heteroatoms. The van der Waals surface area contributed by atoms with E-state index in [0.717, 1.165) is 17.7 Å². The van der Waals surface area contributed by atoms with E-state index in [0.29, 0.717) is 22.2 Å². The monoisotopic (exact) mass is 308 g/mol. The molecule has 1 amide bonds. The molecule has 0 spiro atoms. The van der Waals surface area contributed by atoms with Gasteiger partial charge in [-0.05, 0) is 42.3 Å². The van der Waals surface area contributed by atoms with Gasteiger partial charge in [-0.1, -0.05) is 35.3 Å². The number of carbonyl (C=O) groups excluding carboxylic acids is 1. The van der Waals surface area contributed by atoms with Crippen LogP contribution in [0.2, 0.25) is 10.0 Å². The van der Waals surface area contributed by atoms with Crippen molar-refractivity contribution in [2.45, 2.75) is 6.42 Å². The van der Waals surface area contributed by atoms with E-state index >= 15 is 0 Å². The van der Waals surface area contributed by atoms with Gasteiger partial charge < -0.3 is 11.1 Å². The highest BCUT2D eigenvalue weighted by atomic mass is 35.5. The first-order valence-electron chi connectivity index (χ1n) is 6.14. The summed E-state index contributed by atoms with van der Waals surface area (Å²) in [7, 11) is 0. The summed E-state index contributed by atoms with van der Waals surface area (Å²) in [4.78, 5) is 11.9. The van der Waals surface area contributed by atoms with Crippen LogP contribution in [0.1, 0.15) is 15.9 Å². The second-order valence-corrected chi connectivity index (χ2v) is 5.19. The third-order valence-electron chi connectivity index (χ3n) is 2.86. The van der Waals surface area contributed by atoms with Gasteiger partial charge in [-0.25, -0.2) is 0 Å². The lowest BCUT2D eigenvalue weighted by Gasteiger charge is -2.06. The fourth-order valence-corrected chi connectivity index (χ4v) is 2.04. The summed E-state index contributed by atoms with van der Waals surface area (Å²) in [6.07, 6.45) is 0.743. The van der Waals surface area contributed by atoms with Gasteiger partial charge in [-0.15, -0.1) is 0 Å². The number of anilines is 1. The Labute approximate surface area is 127 Å². The van der Waals surface area contributed by atoms with Crippen LogP contribution in [0.5, 0.6) is 0 Å². The normalized spacial score (nSPS) is 10.3. The van der Waals surface area contributed by atoms with Crippen molar-refractivity contribution in [3.8, 4) is 0 Å². The van der Waals surface area contributed by atoms with Crippen molar-refractivity contribution in [3.05, 3.63) is 63.6 Å². The number of halogens is 2. The highest BCUT2D eigenvalue weighted by Gasteiger charge is 2.07. The number of amides is 1. The zero-order valence-electron chi connectivity index (χ0n) is 10.7. The first kappa shape index (κ1) is 14.7. The van der Waals surface area contributed by atoms with Crippen molar-refractivity contribution in [1.29, 1.82) is 0 Å². The van der Waals surface area contributed by atoms with Gasteiger partial charge >= 0.3 is 0 Å². The molecule has 2 aromatic rings. The Bertz CT molecular complexity index is 612. The quantitative estimate of drug-likeness (QED) is 0.849. The molecule has 104 valence electrons. The second-order valence-electron chi connectivity index (χ2n) is 4.38. The van der Waals surface area contributed by atoms with Crippen LogP contribution in [0.15, 0.2) is 42.5 Å². The van der Waals surface area contributed by atoms with E-state index < -0.39 is 0 Å². The summed E-state index contributed by atoms with van der Waals surface area (Å²) < 4.78 is 0. The number of hydrogen-bond donors (Lipinski definition) is 2. The van der Waals surface area contributed by atoms with Crippen molar-refractivity contribution in [1.82, 2.24) is 5.32 Å². The van der Waals surface area contributed by atoms with Gasteiger partial charge in [0, 0.05) is 17.8 Å². The molecule has 0 unspecified atom stereocenters. The molecule has 0 aliphatic heterocycles. The molecule has 0 radical (unpaired) electrons. The minimum absolute atomic E-state index is 0.168. The molecule has 0 saturated heterocycles. The number of nitrogens with two attached hydrogens (primary N) is 1. The molecule has 3 N–H and O–H groups in total. The van der Waals surface area contributed by atoms with Crippen molar-refractivity contribution in [2.75, 3.05) is 12.3 Å². The number of nitrogen functional groups attached to an aromatic ring is 1. The molecule has 20 heavy (non-hydrogen) atoms. The summed E-state index contributed by atoms with van der Waals surface area (Å²) in [6.45, 7) is 0.545. The standard InChI is InChI=1S/C15H14Cl2N2O/c16-13-6-3-11(9-14(13)17)15(20)19-8-7-10-1-4-12(18)5-2-10/h1-6,9H,7-8,18H2,(H,19,20). The van der Waals surface area contributed by atoms with E-state index in [1.54, 1.807) is 18.2 Å². The third kappa shape index (κ3) is 3.89. The van der Waals surface area contributed by atoms with Crippen molar-refractivity contribution >= 4 is 34.8 Å². The van der Waals surface area contributed by atoms with Gasteiger partial charge in [0.15, 0.2) is 0 Å². The average Bonchev–Trinajstić information content (AvgIpc) is 2.44. The van der Waals surface area contributed by atoms with Crippen LogP contribution in [-0.2, 0) is 6.42 Å². The highest BCUT2D eigenvalue weighted by Crippen LogP contribution is 2.22. The number of rotatable bonds is 4. The number of carbonyl (C=O) groups is 1. The van der Waals surface area contributed by atoms with E-state index in [1.165, 1.54) is 0 Å². The predicted molar refractivity (Wildman–Crippen MR) is 83.4 cm³/mol. The number of nitrogens with one attached hydrogen (secondary N) is 1. The Morgan fingerprint density at radius 1 is 1.05 bits per heavy atom. The maximum absolute atomic E-state index is 11.9. The SMILES string of the molecule is Nc1ccc(CCNC(=O)c2ccc(Cl)c(Cl)c2)cc1. The molecule has 2 rings (SSSR count). The smallest absolute Gasteiger partial charge is 0.251 e. The molecule has 0 bridgehead atoms. The van der Waals surface area contributed by atoms with Crippen LogP contribution in [0.3, 0.4) is 0 Å². The molecule has 0 aliphatic carbocycles. The van der Waals surface area contributed by atoms with Crippen molar-refractivity contribution in [2.24, 2.45) is 0 Å². The average molecular weight is 309 g/mol. The van der Waals surface area contributed by atoms with Crippen molar-refractivity contribution < 1.29 is 4.79 Å². The molecular weight excluding hydrogens is 295 g/mol. The Hall–Kier alpha value is -1.71. The van der Waals surface area contributed by atoms with Gasteiger partial charge in [0.1, 0.15) is 0 Å². The third-order valence-corrected chi connectivity index (χ3v) is 3.60. The lowest BCUT2D eigenvalue weighted by molar-refractivity contribution is 0.0954. The Morgan fingerprint density at radius 3 is 2.40 bits per heavy atom. The van der Waals surface area contributed by atoms with E-state index in [1.807, 2.05) is 24.3 Å². The molecule has 0 atom stereocenters. The molecule has 3 nitrogen and oxygen atoms in total. The zero-order chi connectivity index (χ0) is 14.5. The van der Waals surface area contributed by atoms with E-state index in [2.05, 4.69) is 5.32 Å². The molecule has 2 aromatic carbocycles. The molecule has 0 aliphatic rings. The van der Waals surface area contributed by atoms with Crippen LogP contribution < -0.4 is 11.1 Å². The van der Waals surface area contributed by atoms with E-state index in [4.69, 9.17) is 28.9 Å². The van der Waals surface area contributed by atoms with Crippen LogP contribution in [0, 0.1) is 0 Å². The van der Waals surface area contributed by atoms with E-state index in [-0.39, 0.29) is 5.91 Å². The van der Waals surface area contributed by atoms with Gasteiger partial charge in [-0.3, -0.25) is 4.79 Å². The van der Waals surface area contributed by atoms with Crippen LogP contribution in [0.25, 0.3) is 0 Å². The lowest BCUT2D eigenvalue weighted by Crippen LogP contribution is -2.25. The molecule has 0 heterocycles. The van der Waals surface area contributed by atoms with Gasteiger partial charge in [0.05, 0.1) is 10.0 Å². The molecule has 0 saturated carbocycles. The molecule has 0 fully saturated rings. The second kappa shape index (κ2) is 6.64. The first-order chi connectivity index (χ1) is 9.56. The Morgan fingerprint density at radius 2 is 1.75 bits per heavy atom. The maximum Gasteiger partial charge on any atom is 0.251 e. The number of hydrogen-bond acceptors (Lipinski definition) is 2. The minimum atomic E-state index is -0.168. The Kier molecular flexibility index (Phi) is 4.88. The minimum Gasteiger partial charge on any atom is -0.399 e. The van der Waals surface area contributed by atoms with Crippen molar-refractivity contribution in [3.63, 3.8) is 0 Å². The molecule has 0 aromatic heterocycles. The zero-order valence-corrected chi connectivity index (χ0v) is 12.2. The maximum atomic E-state index is 11.9. The first-order valence-corrected chi connectivity index (χ1v) is 6.89. The Balaban J connectivity index is 1.88. The highest BCUT2D eigenvalue weighted by molar-refractivity contribution is 6.42. The fourth-order valence-electron chi connectivity index (χ4n) is 1.74. The summed E-state index contributed by atoms with van der Waals surface area (Å²) in [6, 6.07) is 12.4. The summed E-state index contributed by atoms with van der Waals surface area (Å²) in [5.74, 6) is -0.168. The largest absolute Gasteiger partial charge is 0.399 e. The fraction of sp³-hybridized carbons (Fsp3) is 0.133. The van der Waals surface area contributed by atoms with Gasteiger partial charge in [0.25, 0.3) is 5.91 Å². The van der Waals surface area contributed by atoms with Crippen LogP contribution in [0.4, 0.5) is 5.69 Å². The summed E-state index contributed by atoms with van der Waals surface area (Å²) in [5, 5.41) is 3.65. The van der Waals surface area contributed by atoms with E-state index in [9.17, 15) is 4.79 Å². The summed E-state index contributed by atoms with van der Waals surface area (Å²) in [5.41, 5.74) is 7.96. The van der Waals surface area contributed by atoms with Crippen LogP contribution >= 0.6 is 23.2 Å². The lowest BCUT2D eigenvalue weighted by atomic mass is 10.1. The molecular formula is C15H14Cl2N2O. The summed E-state index contributed by atoms with van der Waals surface area (Å²) >= 11 is 11.7. The predicted octanol–water partition coefficient (Wildman–Crippen LogP) is 3.55. The van der Waals surface area contributed by atoms with Gasteiger partial charge in [-0.2, -0.15) is 0 Å².